The van der Waals surface area contributed by atoms with E-state index in [-0.39, 0.29) is 5.91 Å². The molecule has 1 fully saturated rings. The predicted octanol–water partition coefficient (Wildman–Crippen LogP) is 2.55. The lowest BCUT2D eigenvalue weighted by molar-refractivity contribution is -0.130. The Morgan fingerprint density at radius 2 is 2.17 bits per heavy atom. The molecule has 0 radical (unpaired) electrons. The van der Waals surface area contributed by atoms with Gasteiger partial charge < -0.3 is 10.2 Å². The maximum Gasteiger partial charge on any atom is 0.236 e. The van der Waals surface area contributed by atoms with Crippen LogP contribution in [0.2, 0.25) is 0 Å². The summed E-state index contributed by atoms with van der Waals surface area (Å²) in [7, 11) is 0. The van der Waals surface area contributed by atoms with Crippen molar-refractivity contribution in [2.45, 2.75) is 32.4 Å². The van der Waals surface area contributed by atoms with Crippen LogP contribution in [0.3, 0.4) is 0 Å². The SMILES string of the molecule is CCN(C(=O)CNCc1ccccc1Br)C1CC1. The van der Waals surface area contributed by atoms with Crippen molar-refractivity contribution in [1.29, 1.82) is 0 Å². The molecular formula is C14H19BrN2O. The summed E-state index contributed by atoms with van der Waals surface area (Å²) in [6.07, 6.45) is 2.34. The first kappa shape index (κ1) is 13.6. The third-order valence-electron chi connectivity index (χ3n) is 3.20. The zero-order valence-corrected chi connectivity index (χ0v) is 12.2. The number of nitrogens with one attached hydrogen (secondary N) is 1. The first-order valence-electron chi connectivity index (χ1n) is 6.46. The summed E-state index contributed by atoms with van der Waals surface area (Å²) in [5, 5.41) is 3.22. The molecule has 0 unspecified atom stereocenters. The Morgan fingerprint density at radius 1 is 1.44 bits per heavy atom. The van der Waals surface area contributed by atoms with E-state index in [1.54, 1.807) is 0 Å². The average molecular weight is 311 g/mol. The van der Waals surface area contributed by atoms with Gasteiger partial charge in [0.1, 0.15) is 0 Å². The van der Waals surface area contributed by atoms with Gasteiger partial charge in [-0.25, -0.2) is 0 Å². The minimum atomic E-state index is 0.215. The number of halogens is 1. The summed E-state index contributed by atoms with van der Waals surface area (Å²) in [5.74, 6) is 0.215. The molecule has 1 aromatic carbocycles. The molecule has 0 aromatic heterocycles. The normalized spacial score (nSPS) is 14.6. The third-order valence-corrected chi connectivity index (χ3v) is 3.97. The second kappa shape index (κ2) is 6.34. The molecule has 0 spiro atoms. The molecule has 1 aromatic rings. The van der Waals surface area contributed by atoms with Crippen LogP contribution in [-0.4, -0.2) is 29.9 Å². The predicted molar refractivity (Wildman–Crippen MR) is 76.3 cm³/mol. The van der Waals surface area contributed by atoms with Crippen molar-refractivity contribution in [2.75, 3.05) is 13.1 Å². The molecule has 1 amide bonds. The van der Waals surface area contributed by atoms with E-state index < -0.39 is 0 Å². The average Bonchev–Trinajstić information content (AvgIpc) is 3.17. The molecule has 3 nitrogen and oxygen atoms in total. The van der Waals surface area contributed by atoms with Gasteiger partial charge in [-0.15, -0.1) is 0 Å². The monoisotopic (exact) mass is 310 g/mol. The maximum atomic E-state index is 12.0. The Bertz CT molecular complexity index is 418. The molecule has 0 heterocycles. The van der Waals surface area contributed by atoms with Crippen LogP contribution in [0.5, 0.6) is 0 Å². The Labute approximate surface area is 117 Å². The summed E-state index contributed by atoms with van der Waals surface area (Å²) in [4.78, 5) is 14.0. The molecule has 4 heteroatoms. The maximum absolute atomic E-state index is 12.0. The molecule has 0 saturated heterocycles. The van der Waals surface area contributed by atoms with Gasteiger partial charge in [-0.3, -0.25) is 4.79 Å². The van der Waals surface area contributed by atoms with Gasteiger partial charge in [-0.1, -0.05) is 34.1 Å². The molecule has 2 rings (SSSR count). The molecule has 0 atom stereocenters. The summed E-state index contributed by atoms with van der Waals surface area (Å²) in [6.45, 7) is 4.01. The van der Waals surface area contributed by atoms with Crippen molar-refractivity contribution < 1.29 is 4.79 Å². The van der Waals surface area contributed by atoms with Gasteiger partial charge in [-0.2, -0.15) is 0 Å². The van der Waals surface area contributed by atoms with Crippen molar-refractivity contribution in [2.24, 2.45) is 0 Å². The van der Waals surface area contributed by atoms with Gasteiger partial charge in [-0.05, 0) is 31.4 Å². The van der Waals surface area contributed by atoms with Crippen LogP contribution >= 0.6 is 15.9 Å². The van der Waals surface area contributed by atoms with Gasteiger partial charge >= 0.3 is 0 Å². The van der Waals surface area contributed by atoms with E-state index in [9.17, 15) is 4.79 Å². The van der Waals surface area contributed by atoms with E-state index in [1.807, 2.05) is 30.0 Å². The van der Waals surface area contributed by atoms with Crippen molar-refractivity contribution in [3.8, 4) is 0 Å². The molecule has 0 aliphatic heterocycles. The van der Waals surface area contributed by atoms with Crippen LogP contribution in [0.15, 0.2) is 28.7 Å². The van der Waals surface area contributed by atoms with Gasteiger partial charge in [0, 0.05) is 23.6 Å². The van der Waals surface area contributed by atoms with Crippen LogP contribution < -0.4 is 5.32 Å². The van der Waals surface area contributed by atoms with E-state index in [1.165, 1.54) is 18.4 Å². The molecule has 1 N–H and O–H groups in total. The smallest absolute Gasteiger partial charge is 0.236 e. The van der Waals surface area contributed by atoms with Crippen LogP contribution in [0.1, 0.15) is 25.3 Å². The Morgan fingerprint density at radius 3 is 2.78 bits per heavy atom. The number of likely N-dealkylation sites (N-methyl/N-ethyl adjacent to an activating group) is 1. The number of carbonyl (C=O) groups is 1. The number of rotatable bonds is 6. The first-order chi connectivity index (χ1) is 8.72. The minimum Gasteiger partial charge on any atom is -0.339 e. The lowest BCUT2D eigenvalue weighted by Gasteiger charge is -2.20. The van der Waals surface area contributed by atoms with Crippen LogP contribution in [0, 0.1) is 0 Å². The number of nitrogens with zero attached hydrogens (tertiary/aromatic N) is 1. The number of hydrogen-bond acceptors (Lipinski definition) is 2. The van der Waals surface area contributed by atoms with Crippen LogP contribution in [0.25, 0.3) is 0 Å². The quantitative estimate of drug-likeness (QED) is 0.876. The summed E-state index contributed by atoms with van der Waals surface area (Å²) >= 11 is 3.50. The molecule has 18 heavy (non-hydrogen) atoms. The molecule has 1 aliphatic carbocycles. The summed E-state index contributed by atoms with van der Waals surface area (Å²) in [5.41, 5.74) is 1.18. The standard InChI is InChI=1S/C14H19BrN2O/c1-2-17(12-7-8-12)14(18)10-16-9-11-5-3-4-6-13(11)15/h3-6,12,16H,2,7-10H2,1H3. The highest BCUT2D eigenvalue weighted by atomic mass is 79.9. The number of amides is 1. The Hall–Kier alpha value is -0.870. The summed E-state index contributed by atoms with van der Waals surface area (Å²) in [6, 6.07) is 8.57. The fourth-order valence-corrected chi connectivity index (χ4v) is 2.50. The van der Waals surface area contributed by atoms with Crippen LogP contribution in [0.4, 0.5) is 0 Å². The first-order valence-corrected chi connectivity index (χ1v) is 7.25. The molecule has 98 valence electrons. The van der Waals surface area contributed by atoms with Gasteiger partial charge in [0.05, 0.1) is 6.54 Å². The van der Waals surface area contributed by atoms with E-state index >= 15 is 0 Å². The topological polar surface area (TPSA) is 32.3 Å². The third kappa shape index (κ3) is 3.56. The van der Waals surface area contributed by atoms with Crippen molar-refractivity contribution in [1.82, 2.24) is 10.2 Å². The van der Waals surface area contributed by atoms with Crippen molar-refractivity contribution in [3.63, 3.8) is 0 Å². The molecule has 1 saturated carbocycles. The fraction of sp³-hybridized carbons (Fsp3) is 0.500. The van der Waals surface area contributed by atoms with E-state index in [0.29, 0.717) is 12.6 Å². The zero-order chi connectivity index (χ0) is 13.0. The van der Waals surface area contributed by atoms with E-state index in [4.69, 9.17) is 0 Å². The molecular weight excluding hydrogens is 292 g/mol. The summed E-state index contributed by atoms with van der Waals surface area (Å²) < 4.78 is 1.08. The Kier molecular flexibility index (Phi) is 4.78. The highest BCUT2D eigenvalue weighted by Gasteiger charge is 2.30. The highest BCUT2D eigenvalue weighted by molar-refractivity contribution is 9.10. The zero-order valence-electron chi connectivity index (χ0n) is 10.7. The number of hydrogen-bond donors (Lipinski definition) is 1. The largest absolute Gasteiger partial charge is 0.339 e. The molecule has 0 bridgehead atoms. The number of benzene rings is 1. The lowest BCUT2D eigenvalue weighted by atomic mass is 10.2. The minimum absolute atomic E-state index is 0.215. The van der Waals surface area contributed by atoms with E-state index in [0.717, 1.165) is 17.6 Å². The van der Waals surface area contributed by atoms with Gasteiger partial charge in [0.25, 0.3) is 0 Å². The second-order valence-corrected chi connectivity index (χ2v) is 5.46. The molecule has 1 aliphatic rings. The number of carbonyl (C=O) groups excluding carboxylic acids is 1. The second-order valence-electron chi connectivity index (χ2n) is 4.61. The van der Waals surface area contributed by atoms with Crippen LogP contribution in [-0.2, 0) is 11.3 Å². The van der Waals surface area contributed by atoms with Gasteiger partial charge in [0.15, 0.2) is 0 Å². The van der Waals surface area contributed by atoms with Gasteiger partial charge in [0.2, 0.25) is 5.91 Å². The highest BCUT2D eigenvalue weighted by Crippen LogP contribution is 2.26. The van der Waals surface area contributed by atoms with Crippen molar-refractivity contribution >= 4 is 21.8 Å². The van der Waals surface area contributed by atoms with E-state index in [2.05, 4.69) is 27.3 Å². The lowest BCUT2D eigenvalue weighted by Crippen LogP contribution is -2.39. The fourth-order valence-electron chi connectivity index (χ4n) is 2.07. The Balaban J connectivity index is 1.78. The van der Waals surface area contributed by atoms with Crippen molar-refractivity contribution in [3.05, 3.63) is 34.3 Å².